The van der Waals surface area contributed by atoms with E-state index in [0.29, 0.717) is 30.1 Å². The van der Waals surface area contributed by atoms with E-state index in [4.69, 9.17) is 9.47 Å². The molecule has 10 nitrogen and oxygen atoms in total. The van der Waals surface area contributed by atoms with Gasteiger partial charge in [-0.15, -0.1) is 0 Å². The first-order valence-corrected chi connectivity index (χ1v) is 10.2. The van der Waals surface area contributed by atoms with Gasteiger partial charge in [0.1, 0.15) is 17.5 Å². The number of benzene rings is 2. The zero-order valence-electron chi connectivity index (χ0n) is 17.6. The molecule has 0 aromatic heterocycles. The molecule has 2 unspecified atom stereocenters. The van der Waals surface area contributed by atoms with Crippen LogP contribution in [0.2, 0.25) is 0 Å². The lowest BCUT2D eigenvalue weighted by atomic mass is 9.87. The number of ether oxygens (including phenoxy) is 2. The van der Waals surface area contributed by atoms with Gasteiger partial charge in [0.05, 0.1) is 18.6 Å². The van der Waals surface area contributed by atoms with Crippen molar-refractivity contribution in [3.05, 3.63) is 58.6 Å². The minimum absolute atomic E-state index is 0.0551. The largest absolute Gasteiger partial charge is 0.495 e. The first-order valence-electron chi connectivity index (χ1n) is 10.2. The number of amides is 1. The Morgan fingerprint density at radius 2 is 1.94 bits per heavy atom. The van der Waals surface area contributed by atoms with Crippen LogP contribution in [0.1, 0.15) is 13.3 Å². The van der Waals surface area contributed by atoms with Crippen molar-refractivity contribution in [2.24, 2.45) is 11.0 Å². The van der Waals surface area contributed by atoms with Gasteiger partial charge in [0.25, 0.3) is 11.6 Å². The van der Waals surface area contributed by atoms with Gasteiger partial charge in [-0.05, 0) is 37.6 Å². The van der Waals surface area contributed by atoms with E-state index in [1.54, 1.807) is 48.2 Å². The zero-order chi connectivity index (χ0) is 22.8. The number of non-ortho nitro benzene ring substituents is 1. The number of carbonyl (C=O) groups is 2. The Balaban J connectivity index is 1.72. The van der Waals surface area contributed by atoms with E-state index in [1.807, 2.05) is 0 Å². The molecule has 0 N–H and O–H groups in total. The Kier molecular flexibility index (Phi) is 5.76. The third kappa shape index (κ3) is 3.64. The molecule has 32 heavy (non-hydrogen) atoms. The second-order valence-electron chi connectivity index (χ2n) is 7.33. The van der Waals surface area contributed by atoms with Gasteiger partial charge in [-0.25, -0.2) is 9.80 Å². The van der Waals surface area contributed by atoms with Crippen molar-refractivity contribution in [3.8, 4) is 5.75 Å². The fourth-order valence-electron chi connectivity index (χ4n) is 4.11. The number of anilines is 2. The number of fused-ring (bicyclic) bond motifs is 1. The molecule has 0 bridgehead atoms. The van der Waals surface area contributed by atoms with Crippen LogP contribution in [-0.4, -0.2) is 48.8 Å². The van der Waals surface area contributed by atoms with E-state index in [2.05, 4.69) is 5.10 Å². The first kappa shape index (κ1) is 21.3. The van der Waals surface area contributed by atoms with Gasteiger partial charge in [-0.2, -0.15) is 5.10 Å². The highest BCUT2D eigenvalue weighted by Crippen LogP contribution is 2.40. The van der Waals surface area contributed by atoms with Gasteiger partial charge in [-0.1, -0.05) is 12.1 Å². The summed E-state index contributed by atoms with van der Waals surface area (Å²) < 4.78 is 10.6. The van der Waals surface area contributed by atoms with E-state index in [1.165, 1.54) is 24.3 Å². The number of piperidine rings is 1. The number of esters is 1. The fraction of sp³-hybridized carbons (Fsp3) is 0.318. The Labute approximate surface area is 184 Å². The van der Waals surface area contributed by atoms with Crippen LogP contribution < -0.4 is 14.6 Å². The minimum Gasteiger partial charge on any atom is -0.495 e. The highest BCUT2D eigenvalue weighted by atomic mass is 16.6. The molecule has 0 saturated carbocycles. The molecule has 2 heterocycles. The Hall–Kier alpha value is -3.95. The monoisotopic (exact) mass is 438 g/mol. The molecule has 2 aliphatic rings. The molecule has 2 aromatic carbocycles. The minimum atomic E-state index is -0.769. The number of carbonyl (C=O) groups excluding carboxylic acids is 2. The lowest BCUT2D eigenvalue weighted by Gasteiger charge is -2.37. The number of rotatable bonds is 6. The van der Waals surface area contributed by atoms with E-state index in [0.717, 1.165) is 0 Å². The number of nitro benzene ring substituents is 1. The number of nitrogens with zero attached hydrogens (tertiary/aromatic N) is 4. The molecular weight excluding hydrogens is 416 g/mol. The molecule has 1 amide bonds. The van der Waals surface area contributed by atoms with Crippen LogP contribution in [0.4, 0.5) is 17.1 Å². The Morgan fingerprint density at radius 1 is 1.22 bits per heavy atom. The second kappa shape index (κ2) is 8.66. The molecular formula is C22H22N4O6. The van der Waals surface area contributed by atoms with Gasteiger partial charge < -0.3 is 14.4 Å². The van der Waals surface area contributed by atoms with E-state index in [-0.39, 0.29) is 23.9 Å². The topological polar surface area (TPSA) is 115 Å². The average molecular weight is 438 g/mol. The Morgan fingerprint density at radius 3 is 2.59 bits per heavy atom. The molecule has 1 fully saturated rings. The highest BCUT2D eigenvalue weighted by Gasteiger charge is 2.50. The van der Waals surface area contributed by atoms with Crippen LogP contribution in [0.5, 0.6) is 5.75 Å². The third-order valence-corrected chi connectivity index (χ3v) is 5.58. The summed E-state index contributed by atoms with van der Waals surface area (Å²) in [7, 11) is 1.52. The van der Waals surface area contributed by atoms with Crippen LogP contribution in [0.25, 0.3) is 0 Å². The molecule has 0 radical (unpaired) electrons. The van der Waals surface area contributed by atoms with Crippen molar-refractivity contribution < 1.29 is 24.0 Å². The lowest BCUT2D eigenvalue weighted by molar-refractivity contribution is -0.384. The van der Waals surface area contributed by atoms with Gasteiger partial charge in [0.2, 0.25) is 0 Å². The molecule has 2 aliphatic heterocycles. The first-order chi connectivity index (χ1) is 15.5. The summed E-state index contributed by atoms with van der Waals surface area (Å²) in [6.45, 7) is 2.26. The average Bonchev–Trinajstić information content (AvgIpc) is 3.20. The summed E-state index contributed by atoms with van der Waals surface area (Å²) >= 11 is 0. The predicted octanol–water partition coefficient (Wildman–Crippen LogP) is 2.76. The van der Waals surface area contributed by atoms with Crippen molar-refractivity contribution in [2.75, 3.05) is 30.2 Å². The maximum atomic E-state index is 13.6. The maximum absolute atomic E-state index is 13.6. The van der Waals surface area contributed by atoms with Gasteiger partial charge in [-0.3, -0.25) is 14.9 Å². The summed E-state index contributed by atoms with van der Waals surface area (Å²) in [5.41, 5.74) is 1.26. The summed E-state index contributed by atoms with van der Waals surface area (Å²) in [4.78, 5) is 38.3. The predicted molar refractivity (Wildman–Crippen MR) is 117 cm³/mol. The van der Waals surface area contributed by atoms with Crippen LogP contribution in [0.15, 0.2) is 53.6 Å². The highest BCUT2D eigenvalue weighted by molar-refractivity contribution is 6.39. The van der Waals surface area contributed by atoms with Gasteiger partial charge in [0, 0.05) is 30.3 Å². The van der Waals surface area contributed by atoms with Crippen molar-refractivity contribution in [2.45, 2.75) is 19.4 Å². The third-order valence-electron chi connectivity index (χ3n) is 5.58. The molecule has 10 heteroatoms. The number of methoxy groups -OCH3 is 1. The second-order valence-corrected chi connectivity index (χ2v) is 7.33. The van der Waals surface area contributed by atoms with Crippen LogP contribution in [-0.2, 0) is 14.3 Å². The zero-order valence-corrected chi connectivity index (χ0v) is 17.6. The van der Waals surface area contributed by atoms with Crippen molar-refractivity contribution in [1.82, 2.24) is 0 Å². The van der Waals surface area contributed by atoms with Crippen molar-refractivity contribution in [1.29, 1.82) is 0 Å². The van der Waals surface area contributed by atoms with Crippen LogP contribution in [0, 0.1) is 16.0 Å². The standard InChI is InChI=1S/C22H22N4O6/c1-3-32-22(28)19-16-12-13-24(14-8-10-15(11-9-14)26(29)30)21(27)20(16)25(23-19)17-6-4-5-7-18(17)31-2/h4-11,16,20H,3,12-13H2,1-2H3. The summed E-state index contributed by atoms with van der Waals surface area (Å²) in [5, 5.41) is 17.0. The normalized spacial score (nSPS) is 19.9. The fourth-order valence-corrected chi connectivity index (χ4v) is 4.11. The van der Waals surface area contributed by atoms with E-state index < -0.39 is 22.9 Å². The molecule has 166 valence electrons. The number of hydrazone groups is 1. The van der Waals surface area contributed by atoms with E-state index >= 15 is 0 Å². The molecule has 0 aliphatic carbocycles. The van der Waals surface area contributed by atoms with E-state index in [9.17, 15) is 19.7 Å². The quantitative estimate of drug-likeness (QED) is 0.387. The molecule has 1 saturated heterocycles. The summed E-state index contributed by atoms with van der Waals surface area (Å²) in [6, 6.07) is 12.2. The summed E-state index contributed by atoms with van der Waals surface area (Å²) in [5.74, 6) is -0.735. The SMILES string of the molecule is CCOC(=O)C1=NN(c2ccccc2OC)C2C(=O)N(c3ccc([N+](=O)[O-])cc3)CCC12. The number of hydrogen-bond donors (Lipinski definition) is 0. The summed E-state index contributed by atoms with van der Waals surface area (Å²) in [6.07, 6.45) is 0.483. The number of nitro groups is 1. The number of para-hydroxylation sites is 2. The molecule has 2 aromatic rings. The Bertz CT molecular complexity index is 1080. The van der Waals surface area contributed by atoms with Crippen molar-refractivity contribution in [3.63, 3.8) is 0 Å². The lowest BCUT2D eigenvalue weighted by Crippen LogP contribution is -2.54. The van der Waals surface area contributed by atoms with Crippen molar-refractivity contribution >= 4 is 34.7 Å². The van der Waals surface area contributed by atoms with Gasteiger partial charge in [0.15, 0.2) is 5.71 Å². The molecule has 2 atom stereocenters. The number of hydrogen-bond acceptors (Lipinski definition) is 8. The van der Waals surface area contributed by atoms with Crippen LogP contribution >= 0.6 is 0 Å². The molecule has 4 rings (SSSR count). The maximum Gasteiger partial charge on any atom is 0.354 e. The van der Waals surface area contributed by atoms with Crippen LogP contribution in [0.3, 0.4) is 0 Å². The van der Waals surface area contributed by atoms with Gasteiger partial charge >= 0.3 is 5.97 Å². The smallest absolute Gasteiger partial charge is 0.354 e. The molecule has 0 spiro atoms.